The van der Waals surface area contributed by atoms with Crippen LogP contribution in [0.2, 0.25) is 0 Å². The molecule has 3 heterocycles. The number of H-pyrrole nitrogens is 1. The maximum Gasteiger partial charge on any atom is 0.281 e. The molecule has 2 N–H and O–H groups in total. The van der Waals surface area contributed by atoms with Crippen molar-refractivity contribution in [2.24, 2.45) is 5.92 Å². The Hall–Kier alpha value is -1.52. The van der Waals surface area contributed by atoms with Crippen LogP contribution in [0.4, 0.5) is 0 Å². The normalized spacial score (nSPS) is 27.9. The third-order valence-electron chi connectivity index (χ3n) is 5.92. The van der Waals surface area contributed by atoms with Crippen LogP contribution in [0.15, 0.2) is 24.3 Å². The van der Waals surface area contributed by atoms with Crippen molar-refractivity contribution < 1.29 is 13.5 Å². The second-order valence-electron chi connectivity index (χ2n) is 7.88. The summed E-state index contributed by atoms with van der Waals surface area (Å²) < 4.78 is 27.7. The van der Waals surface area contributed by atoms with Crippen molar-refractivity contribution in [1.82, 2.24) is 23.5 Å². The summed E-state index contributed by atoms with van der Waals surface area (Å²) in [6.45, 7) is 2.84. The van der Waals surface area contributed by atoms with E-state index >= 15 is 0 Å². The second kappa shape index (κ2) is 6.82. The molecule has 8 nitrogen and oxygen atoms in total. The Labute approximate surface area is 160 Å². The zero-order valence-corrected chi connectivity index (χ0v) is 16.6. The van der Waals surface area contributed by atoms with Crippen molar-refractivity contribution in [3.8, 4) is 0 Å². The lowest BCUT2D eigenvalue weighted by Crippen LogP contribution is -2.61. The molecule has 9 heteroatoms. The van der Waals surface area contributed by atoms with Gasteiger partial charge in [-0.1, -0.05) is 12.1 Å². The van der Waals surface area contributed by atoms with Crippen LogP contribution in [0, 0.1) is 5.92 Å². The smallest absolute Gasteiger partial charge is 0.281 e. The van der Waals surface area contributed by atoms with Crippen molar-refractivity contribution in [2.45, 2.75) is 25.0 Å². The molecule has 0 saturated carbocycles. The van der Waals surface area contributed by atoms with E-state index in [2.05, 4.69) is 14.9 Å². The van der Waals surface area contributed by atoms with Crippen LogP contribution in [-0.4, -0.2) is 82.9 Å². The van der Waals surface area contributed by atoms with Gasteiger partial charge in [-0.2, -0.15) is 17.0 Å². The number of hydrogen-bond donors (Lipinski definition) is 2. The summed E-state index contributed by atoms with van der Waals surface area (Å²) in [4.78, 5) is 10.2. The van der Waals surface area contributed by atoms with E-state index in [-0.39, 0.29) is 5.92 Å². The average Bonchev–Trinajstić information content (AvgIpc) is 3.03. The quantitative estimate of drug-likeness (QED) is 0.795. The number of aromatic amines is 1. The number of benzene rings is 1. The summed E-state index contributed by atoms with van der Waals surface area (Å²) in [7, 11) is -0.359. The topological polar surface area (TPSA) is 92.8 Å². The molecule has 2 atom stereocenters. The van der Waals surface area contributed by atoms with Gasteiger partial charge in [-0.25, -0.2) is 4.98 Å². The Morgan fingerprint density at radius 1 is 1.26 bits per heavy atom. The summed E-state index contributed by atoms with van der Waals surface area (Å²) in [5, 5.41) is 11.0. The highest BCUT2D eigenvalue weighted by Crippen LogP contribution is 2.36. The first-order chi connectivity index (χ1) is 12.8. The van der Waals surface area contributed by atoms with E-state index in [1.54, 1.807) is 14.1 Å². The number of rotatable bonds is 4. The van der Waals surface area contributed by atoms with Gasteiger partial charge in [0.25, 0.3) is 10.2 Å². The molecule has 1 aromatic heterocycles. The summed E-state index contributed by atoms with van der Waals surface area (Å²) in [5.74, 6) is 0.800. The fourth-order valence-corrected chi connectivity index (χ4v) is 5.37. The van der Waals surface area contributed by atoms with E-state index in [1.165, 1.54) is 8.61 Å². The Balaban J connectivity index is 1.47. The van der Waals surface area contributed by atoms with Crippen molar-refractivity contribution >= 4 is 21.2 Å². The van der Waals surface area contributed by atoms with Crippen molar-refractivity contribution in [3.05, 3.63) is 30.1 Å². The van der Waals surface area contributed by atoms with Crippen molar-refractivity contribution in [1.29, 1.82) is 0 Å². The molecule has 2 aromatic rings. The first-order valence-electron chi connectivity index (χ1n) is 9.34. The minimum Gasteiger partial charge on any atom is -0.389 e. The minimum absolute atomic E-state index is 0.0981. The number of nitrogens with one attached hydrogen (secondary N) is 1. The van der Waals surface area contributed by atoms with Gasteiger partial charge >= 0.3 is 0 Å². The van der Waals surface area contributed by atoms with Crippen molar-refractivity contribution in [2.75, 3.05) is 40.3 Å². The van der Waals surface area contributed by atoms with Gasteiger partial charge in [-0.05, 0) is 25.0 Å². The van der Waals surface area contributed by atoms with E-state index in [4.69, 9.17) is 0 Å². The predicted octanol–water partition coefficient (Wildman–Crippen LogP) is 0.628. The van der Waals surface area contributed by atoms with Gasteiger partial charge in [0.05, 0.1) is 23.2 Å². The van der Waals surface area contributed by atoms with Crippen LogP contribution < -0.4 is 0 Å². The van der Waals surface area contributed by atoms with Gasteiger partial charge in [-0.15, -0.1) is 0 Å². The third kappa shape index (κ3) is 3.50. The molecule has 27 heavy (non-hydrogen) atoms. The van der Waals surface area contributed by atoms with Gasteiger partial charge in [-0.3, -0.25) is 4.90 Å². The summed E-state index contributed by atoms with van der Waals surface area (Å²) in [5.41, 5.74) is 1.19. The van der Waals surface area contributed by atoms with E-state index in [9.17, 15) is 13.5 Å². The summed E-state index contributed by atoms with van der Waals surface area (Å²) in [6.07, 6.45) is 1.15. The fourth-order valence-electron chi connectivity index (χ4n) is 4.22. The molecule has 0 unspecified atom stereocenters. The molecule has 0 radical (unpaired) electrons. The number of fused-ring (bicyclic) bond motifs is 2. The van der Waals surface area contributed by atoms with Gasteiger partial charge in [0.2, 0.25) is 0 Å². The molecule has 0 amide bonds. The van der Waals surface area contributed by atoms with Crippen LogP contribution in [0.25, 0.3) is 11.0 Å². The molecule has 0 spiro atoms. The number of piperidine rings is 2. The number of aliphatic hydroxyl groups is 1. The maximum atomic E-state index is 12.5. The standard InChI is InChI=1S/C18H27N5O3S/c1-21(2)27(25,26)23-10-8-18(24)7-9-22(11-14(18)12-23)13-17-19-15-5-3-4-6-16(15)20-17/h3-6,14,24H,7-13H2,1-2H3,(H,19,20)/t14-,18-/m0/s1. The summed E-state index contributed by atoms with van der Waals surface area (Å²) in [6, 6.07) is 7.93. The van der Waals surface area contributed by atoms with Crippen LogP contribution >= 0.6 is 0 Å². The third-order valence-corrected chi connectivity index (χ3v) is 7.82. The number of nitrogens with zero attached hydrogens (tertiary/aromatic N) is 4. The fraction of sp³-hybridized carbons (Fsp3) is 0.611. The lowest BCUT2D eigenvalue weighted by Gasteiger charge is -2.49. The molecule has 2 saturated heterocycles. The lowest BCUT2D eigenvalue weighted by molar-refractivity contribution is -0.103. The van der Waals surface area contributed by atoms with E-state index in [0.717, 1.165) is 23.4 Å². The average molecular weight is 394 g/mol. The van der Waals surface area contributed by atoms with E-state index < -0.39 is 15.8 Å². The number of likely N-dealkylation sites (tertiary alicyclic amines) is 1. The highest BCUT2D eigenvalue weighted by atomic mass is 32.2. The van der Waals surface area contributed by atoms with Gasteiger partial charge in [0.15, 0.2) is 0 Å². The first-order valence-corrected chi connectivity index (χ1v) is 10.7. The largest absolute Gasteiger partial charge is 0.389 e. The van der Waals surface area contributed by atoms with Gasteiger partial charge < -0.3 is 10.1 Å². The highest BCUT2D eigenvalue weighted by molar-refractivity contribution is 7.86. The number of imidazole rings is 1. The molecule has 0 bridgehead atoms. The highest BCUT2D eigenvalue weighted by Gasteiger charge is 2.47. The van der Waals surface area contributed by atoms with Crippen LogP contribution in [0.1, 0.15) is 18.7 Å². The molecule has 4 rings (SSSR count). The van der Waals surface area contributed by atoms with Gasteiger partial charge in [0.1, 0.15) is 5.82 Å². The lowest BCUT2D eigenvalue weighted by atomic mass is 9.76. The maximum absolute atomic E-state index is 12.5. The van der Waals surface area contributed by atoms with Crippen molar-refractivity contribution in [3.63, 3.8) is 0 Å². The van der Waals surface area contributed by atoms with E-state index in [0.29, 0.717) is 39.0 Å². The molecular formula is C18H27N5O3S. The molecule has 2 aliphatic heterocycles. The number of hydrogen-bond acceptors (Lipinski definition) is 5. The Morgan fingerprint density at radius 3 is 2.74 bits per heavy atom. The Bertz CT molecular complexity index is 895. The summed E-state index contributed by atoms with van der Waals surface area (Å²) >= 11 is 0. The molecular weight excluding hydrogens is 366 g/mol. The minimum atomic E-state index is -3.45. The number of aromatic nitrogens is 2. The SMILES string of the molecule is CN(C)S(=O)(=O)N1CC[C@@]2(O)CCN(Cc3nc4ccccc4[nH]3)C[C@H]2C1. The zero-order chi connectivity index (χ0) is 19.2. The molecule has 0 aliphatic carbocycles. The van der Waals surface area contributed by atoms with Crippen LogP contribution in [0.5, 0.6) is 0 Å². The molecule has 148 valence electrons. The predicted molar refractivity (Wildman–Crippen MR) is 103 cm³/mol. The van der Waals surface area contributed by atoms with Crippen LogP contribution in [-0.2, 0) is 16.8 Å². The second-order valence-corrected chi connectivity index (χ2v) is 10.0. The number of para-hydroxylation sites is 2. The Morgan fingerprint density at radius 2 is 2.00 bits per heavy atom. The van der Waals surface area contributed by atoms with Crippen LogP contribution in [0.3, 0.4) is 0 Å². The molecule has 2 fully saturated rings. The monoisotopic (exact) mass is 393 g/mol. The van der Waals surface area contributed by atoms with E-state index in [1.807, 2.05) is 24.3 Å². The zero-order valence-electron chi connectivity index (χ0n) is 15.8. The van der Waals surface area contributed by atoms with Gasteiger partial charge in [0, 0.05) is 46.2 Å². The molecule has 1 aromatic carbocycles. The molecule has 2 aliphatic rings. The Kier molecular flexibility index (Phi) is 4.76. The first kappa shape index (κ1) is 18.8.